The number of benzene rings is 1. The lowest BCUT2D eigenvalue weighted by Crippen LogP contribution is -2.21. The van der Waals surface area contributed by atoms with Gasteiger partial charge in [0.15, 0.2) is 0 Å². The van der Waals surface area contributed by atoms with E-state index in [2.05, 4.69) is 9.97 Å². The lowest BCUT2D eigenvalue weighted by atomic mass is 10.2. The summed E-state index contributed by atoms with van der Waals surface area (Å²) in [6.45, 7) is 0.243. The molecule has 2 N–H and O–H groups in total. The summed E-state index contributed by atoms with van der Waals surface area (Å²) < 4.78 is 1.44. The minimum atomic E-state index is -0.194. The van der Waals surface area contributed by atoms with Crippen molar-refractivity contribution in [2.24, 2.45) is 0 Å². The number of aromatic nitrogens is 3. The zero-order valence-corrected chi connectivity index (χ0v) is 11.0. The van der Waals surface area contributed by atoms with Gasteiger partial charge < -0.3 is 5.73 Å². The Morgan fingerprint density at radius 3 is 2.95 bits per heavy atom. The van der Waals surface area contributed by atoms with Gasteiger partial charge in [0.2, 0.25) is 0 Å². The number of nitrogens with zero attached hydrogens (tertiary/aromatic N) is 4. The highest BCUT2D eigenvalue weighted by molar-refractivity contribution is 5.80. The van der Waals surface area contributed by atoms with Crippen molar-refractivity contribution in [2.75, 3.05) is 5.73 Å². The van der Waals surface area contributed by atoms with Crippen molar-refractivity contribution in [3.05, 3.63) is 64.5 Å². The average Bonchev–Trinajstić information content (AvgIpc) is 2.51. The molecule has 102 valence electrons. The number of pyridine rings is 1. The van der Waals surface area contributed by atoms with E-state index in [1.807, 2.05) is 6.07 Å². The lowest BCUT2D eigenvalue weighted by Gasteiger charge is -2.07. The van der Waals surface area contributed by atoms with Gasteiger partial charge in [0.1, 0.15) is 11.8 Å². The zero-order valence-electron chi connectivity index (χ0n) is 11.0. The van der Waals surface area contributed by atoms with Gasteiger partial charge in [0.25, 0.3) is 5.56 Å². The number of nitriles is 1. The molecule has 6 nitrogen and oxygen atoms in total. The van der Waals surface area contributed by atoms with Crippen molar-refractivity contribution in [3.8, 4) is 6.07 Å². The molecule has 1 aromatic carbocycles. The van der Waals surface area contributed by atoms with E-state index in [9.17, 15) is 4.79 Å². The molecule has 0 amide bonds. The van der Waals surface area contributed by atoms with Gasteiger partial charge in [-0.3, -0.25) is 9.36 Å². The molecular formula is C15H11N5O. The molecule has 0 unspecified atom stereocenters. The van der Waals surface area contributed by atoms with Crippen LogP contribution in [0.5, 0.6) is 0 Å². The van der Waals surface area contributed by atoms with Crippen LogP contribution >= 0.6 is 0 Å². The molecule has 21 heavy (non-hydrogen) atoms. The van der Waals surface area contributed by atoms with Crippen LogP contribution in [0.1, 0.15) is 11.3 Å². The second kappa shape index (κ2) is 5.06. The van der Waals surface area contributed by atoms with Crippen molar-refractivity contribution in [2.45, 2.75) is 6.54 Å². The summed E-state index contributed by atoms with van der Waals surface area (Å²) in [7, 11) is 0. The quantitative estimate of drug-likeness (QED) is 0.712. The number of nitrogens with two attached hydrogens (primary N) is 1. The molecule has 0 radical (unpaired) electrons. The molecule has 0 aliphatic rings. The number of hydrogen-bond donors (Lipinski definition) is 1. The number of nitrogen functional groups attached to an aromatic ring is 1. The minimum Gasteiger partial charge on any atom is -0.399 e. The van der Waals surface area contributed by atoms with E-state index in [1.54, 1.807) is 36.5 Å². The average molecular weight is 277 g/mol. The molecule has 0 saturated heterocycles. The van der Waals surface area contributed by atoms with E-state index in [1.165, 1.54) is 10.9 Å². The summed E-state index contributed by atoms with van der Waals surface area (Å²) in [5.41, 5.74) is 7.60. The summed E-state index contributed by atoms with van der Waals surface area (Å²) in [5, 5.41) is 9.50. The normalized spacial score (nSPS) is 10.4. The fourth-order valence-corrected chi connectivity index (χ4v) is 2.14. The van der Waals surface area contributed by atoms with Crippen LogP contribution in [-0.2, 0) is 6.54 Å². The molecule has 3 rings (SSSR count). The van der Waals surface area contributed by atoms with Gasteiger partial charge in [-0.1, -0.05) is 6.07 Å². The molecule has 2 aromatic heterocycles. The van der Waals surface area contributed by atoms with Crippen molar-refractivity contribution < 1.29 is 0 Å². The molecule has 3 aromatic rings. The molecule has 0 aliphatic carbocycles. The summed E-state index contributed by atoms with van der Waals surface area (Å²) >= 11 is 0. The minimum absolute atomic E-state index is 0.194. The molecule has 0 fully saturated rings. The Kier molecular flexibility index (Phi) is 3.09. The van der Waals surface area contributed by atoms with Crippen molar-refractivity contribution in [3.63, 3.8) is 0 Å². The van der Waals surface area contributed by atoms with Gasteiger partial charge in [0, 0.05) is 17.4 Å². The first-order valence-corrected chi connectivity index (χ1v) is 6.27. The van der Waals surface area contributed by atoms with E-state index in [0.717, 1.165) is 0 Å². The SMILES string of the molecule is N#Cc1ncccc1Cn1cnc2ccc(N)cc2c1=O. The Morgan fingerprint density at radius 1 is 1.29 bits per heavy atom. The standard InChI is InChI=1S/C15H11N5O/c16-7-14-10(2-1-5-18-14)8-20-9-19-13-4-3-11(17)6-12(13)15(20)21/h1-6,9H,8,17H2. The molecule has 2 heterocycles. The highest BCUT2D eigenvalue weighted by atomic mass is 16.1. The monoisotopic (exact) mass is 277 g/mol. The topological polar surface area (TPSA) is 97.6 Å². The third-order valence-electron chi connectivity index (χ3n) is 3.19. The first kappa shape index (κ1) is 12.8. The van der Waals surface area contributed by atoms with E-state index in [-0.39, 0.29) is 12.1 Å². The molecule has 0 aliphatic heterocycles. The molecule has 0 spiro atoms. The van der Waals surface area contributed by atoms with E-state index in [0.29, 0.717) is 27.8 Å². The van der Waals surface area contributed by atoms with Crippen LogP contribution in [0.3, 0.4) is 0 Å². The van der Waals surface area contributed by atoms with Gasteiger partial charge in [-0.2, -0.15) is 5.26 Å². The second-order valence-corrected chi connectivity index (χ2v) is 4.58. The third-order valence-corrected chi connectivity index (χ3v) is 3.19. The highest BCUT2D eigenvalue weighted by Crippen LogP contribution is 2.12. The van der Waals surface area contributed by atoms with Crippen molar-refractivity contribution in [1.82, 2.24) is 14.5 Å². The van der Waals surface area contributed by atoms with E-state index >= 15 is 0 Å². The number of hydrogen-bond acceptors (Lipinski definition) is 5. The van der Waals surface area contributed by atoms with Crippen LogP contribution in [0.25, 0.3) is 10.9 Å². The van der Waals surface area contributed by atoms with Crippen LogP contribution in [-0.4, -0.2) is 14.5 Å². The van der Waals surface area contributed by atoms with Crippen LogP contribution < -0.4 is 11.3 Å². The predicted octanol–water partition coefficient (Wildman–Crippen LogP) is 1.29. The number of rotatable bonds is 2. The van der Waals surface area contributed by atoms with Gasteiger partial charge in [-0.05, 0) is 24.3 Å². The molecule has 6 heteroatoms. The highest BCUT2D eigenvalue weighted by Gasteiger charge is 2.08. The Morgan fingerprint density at radius 2 is 2.14 bits per heavy atom. The first-order chi connectivity index (χ1) is 10.2. The third kappa shape index (κ3) is 2.32. The lowest BCUT2D eigenvalue weighted by molar-refractivity contribution is 0.743. The number of anilines is 1. The van der Waals surface area contributed by atoms with Gasteiger partial charge >= 0.3 is 0 Å². The van der Waals surface area contributed by atoms with Crippen molar-refractivity contribution >= 4 is 16.6 Å². The van der Waals surface area contributed by atoms with Crippen LogP contribution in [0.15, 0.2) is 47.7 Å². The van der Waals surface area contributed by atoms with Gasteiger partial charge in [0.05, 0.1) is 23.8 Å². The van der Waals surface area contributed by atoms with Crippen LogP contribution in [0.4, 0.5) is 5.69 Å². The van der Waals surface area contributed by atoms with Gasteiger partial charge in [-0.15, -0.1) is 0 Å². The van der Waals surface area contributed by atoms with Crippen molar-refractivity contribution in [1.29, 1.82) is 5.26 Å². The Hall–Kier alpha value is -3.20. The fourth-order valence-electron chi connectivity index (χ4n) is 2.14. The maximum absolute atomic E-state index is 12.4. The second-order valence-electron chi connectivity index (χ2n) is 4.58. The van der Waals surface area contributed by atoms with E-state index < -0.39 is 0 Å². The largest absolute Gasteiger partial charge is 0.399 e. The Labute approximate surface area is 120 Å². The smallest absolute Gasteiger partial charge is 0.261 e. The molecule has 0 saturated carbocycles. The Balaban J connectivity index is 2.12. The maximum atomic E-state index is 12.4. The first-order valence-electron chi connectivity index (χ1n) is 6.27. The summed E-state index contributed by atoms with van der Waals surface area (Å²) in [6, 6.07) is 10.5. The fraction of sp³-hybridized carbons (Fsp3) is 0.0667. The zero-order chi connectivity index (χ0) is 14.8. The Bertz CT molecular complexity index is 923. The molecule has 0 bridgehead atoms. The summed E-state index contributed by atoms with van der Waals surface area (Å²) in [5.74, 6) is 0. The summed E-state index contributed by atoms with van der Waals surface area (Å²) in [6.07, 6.45) is 3.01. The maximum Gasteiger partial charge on any atom is 0.261 e. The van der Waals surface area contributed by atoms with Crippen LogP contribution in [0, 0.1) is 11.3 Å². The van der Waals surface area contributed by atoms with E-state index in [4.69, 9.17) is 11.0 Å². The predicted molar refractivity (Wildman–Crippen MR) is 78.5 cm³/mol. The molecular weight excluding hydrogens is 266 g/mol. The summed E-state index contributed by atoms with van der Waals surface area (Å²) in [4.78, 5) is 20.7. The van der Waals surface area contributed by atoms with Gasteiger partial charge in [-0.25, -0.2) is 9.97 Å². The van der Waals surface area contributed by atoms with Crippen LogP contribution in [0.2, 0.25) is 0 Å². The molecule has 0 atom stereocenters. The number of fused-ring (bicyclic) bond motifs is 1.